The summed E-state index contributed by atoms with van der Waals surface area (Å²) in [6.07, 6.45) is 0. The van der Waals surface area contributed by atoms with E-state index in [0.717, 1.165) is 28.3 Å². The summed E-state index contributed by atoms with van der Waals surface area (Å²) in [7, 11) is 1.70. The minimum absolute atomic E-state index is 0.178. The van der Waals surface area contributed by atoms with Crippen molar-refractivity contribution in [1.82, 2.24) is 0 Å². The maximum Gasteiger partial charge on any atom is 0.231 e. The summed E-state index contributed by atoms with van der Waals surface area (Å²) >= 11 is 0. The van der Waals surface area contributed by atoms with E-state index in [1.54, 1.807) is 7.11 Å². The van der Waals surface area contributed by atoms with E-state index in [1.807, 2.05) is 18.2 Å². The van der Waals surface area contributed by atoms with Crippen LogP contribution in [0.1, 0.15) is 24.1 Å². The second-order valence-corrected chi connectivity index (χ2v) is 5.11. The van der Waals surface area contributed by atoms with Gasteiger partial charge in [-0.05, 0) is 42.3 Å². The van der Waals surface area contributed by atoms with E-state index in [9.17, 15) is 0 Å². The molecule has 4 heteroatoms. The van der Waals surface area contributed by atoms with E-state index in [2.05, 4.69) is 36.5 Å². The fourth-order valence-corrected chi connectivity index (χ4v) is 2.43. The van der Waals surface area contributed by atoms with Gasteiger partial charge in [0.25, 0.3) is 0 Å². The van der Waals surface area contributed by atoms with Crippen LogP contribution in [0.4, 0.5) is 5.69 Å². The third-order valence-electron chi connectivity index (χ3n) is 3.52. The molecule has 21 heavy (non-hydrogen) atoms. The molecule has 1 N–H and O–H groups in total. The van der Waals surface area contributed by atoms with Crippen LogP contribution in [0.5, 0.6) is 11.5 Å². The number of anilines is 1. The first-order valence-electron chi connectivity index (χ1n) is 7.00. The molecule has 0 fully saturated rings. The summed E-state index contributed by atoms with van der Waals surface area (Å²) in [4.78, 5) is 0. The molecule has 1 aliphatic rings. The molecule has 2 aromatic rings. The van der Waals surface area contributed by atoms with Gasteiger partial charge in [0.15, 0.2) is 11.5 Å². The van der Waals surface area contributed by atoms with Gasteiger partial charge in [0.05, 0.1) is 6.61 Å². The zero-order valence-corrected chi connectivity index (χ0v) is 12.3. The average molecular weight is 285 g/mol. The Morgan fingerprint density at radius 3 is 2.86 bits per heavy atom. The lowest BCUT2D eigenvalue weighted by molar-refractivity contribution is 0.174. The van der Waals surface area contributed by atoms with Gasteiger partial charge in [-0.15, -0.1) is 0 Å². The molecule has 0 bridgehead atoms. The first-order chi connectivity index (χ1) is 10.3. The van der Waals surface area contributed by atoms with E-state index >= 15 is 0 Å². The fourth-order valence-electron chi connectivity index (χ4n) is 2.43. The second-order valence-electron chi connectivity index (χ2n) is 5.11. The van der Waals surface area contributed by atoms with Gasteiger partial charge in [-0.3, -0.25) is 0 Å². The van der Waals surface area contributed by atoms with Gasteiger partial charge >= 0.3 is 0 Å². The van der Waals surface area contributed by atoms with E-state index < -0.39 is 0 Å². The third kappa shape index (κ3) is 3.11. The maximum absolute atomic E-state index is 5.42. The zero-order valence-electron chi connectivity index (χ0n) is 12.3. The van der Waals surface area contributed by atoms with Crippen molar-refractivity contribution in [3.05, 3.63) is 53.6 Å². The first kappa shape index (κ1) is 13.8. The van der Waals surface area contributed by atoms with Crippen LogP contribution < -0.4 is 14.8 Å². The van der Waals surface area contributed by atoms with Crippen molar-refractivity contribution in [3.8, 4) is 11.5 Å². The van der Waals surface area contributed by atoms with Crippen LogP contribution in [0.3, 0.4) is 0 Å². The van der Waals surface area contributed by atoms with Gasteiger partial charge in [0.1, 0.15) is 0 Å². The number of benzene rings is 2. The number of methoxy groups -OCH3 is 1. The maximum atomic E-state index is 5.42. The molecule has 1 unspecified atom stereocenters. The van der Waals surface area contributed by atoms with Crippen LogP contribution in [-0.4, -0.2) is 13.9 Å². The Morgan fingerprint density at radius 1 is 1.14 bits per heavy atom. The number of fused-ring (bicyclic) bond motifs is 1. The van der Waals surface area contributed by atoms with E-state index in [1.165, 1.54) is 0 Å². The summed E-state index contributed by atoms with van der Waals surface area (Å²) in [5.41, 5.74) is 3.39. The molecule has 0 spiro atoms. The summed E-state index contributed by atoms with van der Waals surface area (Å²) in [6, 6.07) is 14.5. The Balaban J connectivity index is 1.73. The standard InChI is InChI=1S/C17H19NO3/c1-12(14-6-7-16-17(9-14)21-11-20-16)18-15-5-3-4-13(8-15)10-19-2/h3-9,12,18H,10-11H2,1-2H3. The zero-order chi connectivity index (χ0) is 14.7. The molecule has 3 rings (SSSR count). The van der Waals surface area contributed by atoms with Crippen LogP contribution in [-0.2, 0) is 11.3 Å². The van der Waals surface area contributed by atoms with Crippen LogP contribution >= 0.6 is 0 Å². The molecule has 0 amide bonds. The Labute approximate surface area is 124 Å². The lowest BCUT2D eigenvalue weighted by Crippen LogP contribution is -2.06. The largest absolute Gasteiger partial charge is 0.454 e. The molecular weight excluding hydrogens is 266 g/mol. The average Bonchev–Trinajstić information content (AvgIpc) is 2.95. The molecule has 4 nitrogen and oxygen atoms in total. The fraction of sp³-hybridized carbons (Fsp3) is 0.294. The van der Waals surface area contributed by atoms with Gasteiger partial charge in [0.2, 0.25) is 6.79 Å². The molecule has 0 saturated carbocycles. The van der Waals surface area contributed by atoms with Crippen molar-refractivity contribution in [2.24, 2.45) is 0 Å². The minimum atomic E-state index is 0.178. The Kier molecular flexibility index (Phi) is 3.97. The summed E-state index contributed by atoms with van der Waals surface area (Å²) in [5, 5.41) is 3.50. The number of ether oxygens (including phenoxy) is 3. The van der Waals surface area contributed by atoms with Crippen LogP contribution in [0.15, 0.2) is 42.5 Å². The molecule has 0 radical (unpaired) electrons. The van der Waals surface area contributed by atoms with Gasteiger partial charge in [-0.1, -0.05) is 18.2 Å². The topological polar surface area (TPSA) is 39.7 Å². The molecule has 1 heterocycles. The highest BCUT2D eigenvalue weighted by atomic mass is 16.7. The summed E-state index contributed by atoms with van der Waals surface area (Å²) in [5.74, 6) is 1.63. The summed E-state index contributed by atoms with van der Waals surface area (Å²) in [6.45, 7) is 3.05. The van der Waals surface area contributed by atoms with Crippen molar-refractivity contribution in [2.45, 2.75) is 19.6 Å². The van der Waals surface area contributed by atoms with Crippen LogP contribution in [0, 0.1) is 0 Å². The van der Waals surface area contributed by atoms with Gasteiger partial charge in [-0.25, -0.2) is 0 Å². The van der Waals surface area contributed by atoms with Crippen molar-refractivity contribution in [3.63, 3.8) is 0 Å². The molecule has 1 atom stereocenters. The van der Waals surface area contributed by atoms with Crippen molar-refractivity contribution < 1.29 is 14.2 Å². The van der Waals surface area contributed by atoms with Crippen molar-refractivity contribution in [1.29, 1.82) is 0 Å². The van der Waals surface area contributed by atoms with Gasteiger partial charge in [0, 0.05) is 18.8 Å². The van der Waals surface area contributed by atoms with Crippen LogP contribution in [0.25, 0.3) is 0 Å². The molecule has 0 saturated heterocycles. The number of nitrogens with one attached hydrogen (secondary N) is 1. The monoisotopic (exact) mass is 285 g/mol. The highest BCUT2D eigenvalue weighted by Crippen LogP contribution is 2.34. The van der Waals surface area contributed by atoms with Gasteiger partial charge in [-0.2, -0.15) is 0 Å². The summed E-state index contributed by atoms with van der Waals surface area (Å²) < 4.78 is 15.9. The number of rotatable bonds is 5. The highest BCUT2D eigenvalue weighted by Gasteiger charge is 2.15. The van der Waals surface area contributed by atoms with Crippen molar-refractivity contribution in [2.75, 3.05) is 19.2 Å². The number of hydrogen-bond donors (Lipinski definition) is 1. The Morgan fingerprint density at radius 2 is 2.00 bits per heavy atom. The smallest absolute Gasteiger partial charge is 0.231 e. The molecule has 2 aromatic carbocycles. The molecule has 1 aliphatic heterocycles. The predicted octanol–water partition coefficient (Wildman–Crippen LogP) is 3.73. The molecule has 0 aromatic heterocycles. The lowest BCUT2D eigenvalue weighted by Gasteiger charge is -2.17. The lowest BCUT2D eigenvalue weighted by atomic mass is 10.1. The van der Waals surface area contributed by atoms with E-state index in [-0.39, 0.29) is 6.04 Å². The van der Waals surface area contributed by atoms with Crippen molar-refractivity contribution >= 4 is 5.69 Å². The Bertz CT molecular complexity index is 627. The Hall–Kier alpha value is -2.20. The number of hydrogen-bond acceptors (Lipinski definition) is 4. The molecule has 0 aliphatic carbocycles. The first-order valence-corrected chi connectivity index (χ1v) is 7.00. The normalized spacial score (nSPS) is 14.0. The highest BCUT2D eigenvalue weighted by molar-refractivity contribution is 5.50. The quantitative estimate of drug-likeness (QED) is 0.908. The van der Waals surface area contributed by atoms with Gasteiger partial charge < -0.3 is 19.5 Å². The van der Waals surface area contributed by atoms with E-state index in [4.69, 9.17) is 14.2 Å². The minimum Gasteiger partial charge on any atom is -0.454 e. The molecular formula is C17H19NO3. The van der Waals surface area contributed by atoms with Crippen LogP contribution in [0.2, 0.25) is 0 Å². The third-order valence-corrected chi connectivity index (χ3v) is 3.52. The SMILES string of the molecule is COCc1cccc(NC(C)c2ccc3c(c2)OCO3)c1. The predicted molar refractivity (Wildman–Crippen MR) is 81.8 cm³/mol. The second kappa shape index (κ2) is 6.06. The van der Waals surface area contributed by atoms with E-state index in [0.29, 0.717) is 13.4 Å². The molecule has 110 valence electrons.